The first-order chi connectivity index (χ1) is 14.9. The largest absolute Gasteiger partial charge is 0.332 e. The minimum absolute atomic E-state index is 0.0845. The molecule has 0 atom stereocenters. The third-order valence-electron chi connectivity index (χ3n) is 5.15. The molecular formula is C22H28ClN5O3. The molecular weight excluding hydrogens is 418 g/mol. The van der Waals surface area contributed by atoms with Crippen LogP contribution in [0.5, 0.6) is 0 Å². The first-order valence-corrected chi connectivity index (χ1v) is 11.0. The maximum absolute atomic E-state index is 13.0. The minimum atomic E-state index is -0.435. The predicted molar refractivity (Wildman–Crippen MR) is 123 cm³/mol. The lowest BCUT2D eigenvalue weighted by atomic mass is 10.2. The maximum Gasteiger partial charge on any atom is 0.332 e. The maximum atomic E-state index is 13.0. The van der Waals surface area contributed by atoms with E-state index >= 15 is 0 Å². The topological polar surface area (TPSA) is 102 Å². The normalized spacial score (nSPS) is 11.2. The Hall–Kier alpha value is -2.87. The van der Waals surface area contributed by atoms with E-state index in [2.05, 4.69) is 22.2 Å². The molecule has 0 spiro atoms. The highest BCUT2D eigenvalue weighted by Gasteiger charge is 2.16. The molecule has 3 rings (SSSR count). The van der Waals surface area contributed by atoms with Crippen molar-refractivity contribution in [2.45, 2.75) is 65.5 Å². The number of anilines is 1. The molecule has 0 aliphatic carbocycles. The zero-order chi connectivity index (χ0) is 22.4. The van der Waals surface area contributed by atoms with Crippen LogP contribution in [0.1, 0.15) is 51.0 Å². The Morgan fingerprint density at radius 3 is 2.61 bits per heavy atom. The lowest BCUT2D eigenvalue weighted by Crippen LogP contribution is -2.40. The summed E-state index contributed by atoms with van der Waals surface area (Å²) in [6.07, 6.45) is 4.20. The molecule has 2 N–H and O–H groups in total. The van der Waals surface area contributed by atoms with Crippen molar-refractivity contribution in [3.63, 3.8) is 0 Å². The van der Waals surface area contributed by atoms with Gasteiger partial charge in [-0.15, -0.1) is 0 Å². The molecule has 0 fully saturated rings. The van der Waals surface area contributed by atoms with E-state index in [1.807, 2.05) is 31.2 Å². The lowest BCUT2D eigenvalue weighted by Gasteiger charge is -2.11. The molecule has 8 nitrogen and oxygen atoms in total. The van der Waals surface area contributed by atoms with Gasteiger partial charge in [0.25, 0.3) is 5.56 Å². The highest BCUT2D eigenvalue weighted by molar-refractivity contribution is 6.28. The monoisotopic (exact) mass is 445 g/mol. The van der Waals surface area contributed by atoms with Crippen LogP contribution in [0.4, 0.5) is 5.69 Å². The third kappa shape index (κ3) is 5.64. The van der Waals surface area contributed by atoms with E-state index in [9.17, 15) is 14.4 Å². The average Bonchev–Trinajstić information content (AvgIpc) is 3.11. The summed E-state index contributed by atoms with van der Waals surface area (Å²) in [6, 6.07) is 7.60. The van der Waals surface area contributed by atoms with E-state index in [1.54, 1.807) is 0 Å². The summed E-state index contributed by atoms with van der Waals surface area (Å²) in [4.78, 5) is 44.8. The summed E-state index contributed by atoms with van der Waals surface area (Å²) in [5.41, 5.74) is 1.54. The second-order valence-electron chi connectivity index (χ2n) is 7.70. The minimum Gasteiger partial charge on any atom is -0.326 e. The van der Waals surface area contributed by atoms with E-state index < -0.39 is 5.56 Å². The van der Waals surface area contributed by atoms with Crippen molar-refractivity contribution >= 4 is 34.4 Å². The molecule has 2 heterocycles. The molecule has 166 valence electrons. The van der Waals surface area contributed by atoms with E-state index in [0.29, 0.717) is 31.5 Å². The molecule has 3 aromatic rings. The van der Waals surface area contributed by atoms with Crippen LogP contribution >= 0.6 is 11.6 Å². The summed E-state index contributed by atoms with van der Waals surface area (Å²) >= 11 is 5.96. The summed E-state index contributed by atoms with van der Waals surface area (Å²) in [6.45, 7) is 4.76. The number of carbonyl (C=O) groups is 1. The van der Waals surface area contributed by atoms with Crippen LogP contribution in [0.25, 0.3) is 11.2 Å². The number of nitrogens with one attached hydrogen (secondary N) is 2. The molecule has 0 saturated carbocycles. The fourth-order valence-corrected chi connectivity index (χ4v) is 3.73. The van der Waals surface area contributed by atoms with Gasteiger partial charge in [-0.3, -0.25) is 18.7 Å². The van der Waals surface area contributed by atoms with Crippen molar-refractivity contribution in [3.8, 4) is 0 Å². The second kappa shape index (κ2) is 10.4. The molecule has 0 unspecified atom stereocenters. The van der Waals surface area contributed by atoms with Crippen LogP contribution in [0, 0.1) is 6.92 Å². The van der Waals surface area contributed by atoms with Crippen molar-refractivity contribution in [2.75, 3.05) is 5.32 Å². The van der Waals surface area contributed by atoms with Gasteiger partial charge in [-0.05, 0) is 55.5 Å². The van der Waals surface area contributed by atoms with E-state index in [-0.39, 0.29) is 28.9 Å². The van der Waals surface area contributed by atoms with Crippen LogP contribution in [0.2, 0.25) is 5.28 Å². The van der Waals surface area contributed by atoms with Gasteiger partial charge in [-0.25, -0.2) is 4.79 Å². The fraction of sp³-hybridized carbons (Fsp3) is 0.455. The van der Waals surface area contributed by atoms with Crippen LogP contribution < -0.4 is 16.6 Å². The number of aromatic nitrogens is 4. The number of unbranched alkanes of at least 4 members (excludes halogenated alkanes) is 3. The summed E-state index contributed by atoms with van der Waals surface area (Å²) in [5.74, 6) is -0.0919. The van der Waals surface area contributed by atoms with Gasteiger partial charge in [0.05, 0.1) is 0 Å². The van der Waals surface area contributed by atoms with Gasteiger partial charge in [-0.2, -0.15) is 4.98 Å². The van der Waals surface area contributed by atoms with Gasteiger partial charge in [0.2, 0.25) is 11.2 Å². The van der Waals surface area contributed by atoms with Crippen molar-refractivity contribution in [1.82, 2.24) is 19.1 Å². The van der Waals surface area contributed by atoms with Gasteiger partial charge in [0.1, 0.15) is 0 Å². The zero-order valence-electron chi connectivity index (χ0n) is 17.9. The smallest absolute Gasteiger partial charge is 0.326 e. The number of nitrogens with zero attached hydrogens (tertiary/aromatic N) is 3. The third-order valence-corrected chi connectivity index (χ3v) is 5.33. The Balaban J connectivity index is 1.67. The number of halogens is 1. The summed E-state index contributed by atoms with van der Waals surface area (Å²) < 4.78 is 2.72. The quantitative estimate of drug-likeness (QED) is 0.365. The Bertz CT molecular complexity index is 1180. The highest BCUT2D eigenvalue weighted by Crippen LogP contribution is 2.12. The number of imidazole rings is 1. The van der Waals surface area contributed by atoms with Crippen LogP contribution in [0.15, 0.2) is 33.9 Å². The average molecular weight is 446 g/mol. The zero-order valence-corrected chi connectivity index (χ0v) is 18.7. The summed E-state index contributed by atoms with van der Waals surface area (Å²) in [5, 5.41) is 2.95. The number of aromatic amines is 1. The molecule has 2 aromatic heterocycles. The van der Waals surface area contributed by atoms with Crippen molar-refractivity contribution in [1.29, 1.82) is 0 Å². The number of aryl methyl sites for hydroxylation is 2. The molecule has 0 bridgehead atoms. The van der Waals surface area contributed by atoms with E-state index in [1.165, 1.54) is 9.13 Å². The molecule has 31 heavy (non-hydrogen) atoms. The lowest BCUT2D eigenvalue weighted by molar-refractivity contribution is -0.116. The fourth-order valence-electron chi connectivity index (χ4n) is 3.56. The number of hydrogen-bond donors (Lipinski definition) is 2. The Morgan fingerprint density at radius 1 is 1.13 bits per heavy atom. The predicted octanol–water partition coefficient (Wildman–Crippen LogP) is 3.85. The number of rotatable bonds is 10. The number of benzene rings is 1. The number of amides is 1. The number of carbonyl (C=O) groups excluding carboxylic acids is 1. The first-order valence-electron chi connectivity index (χ1n) is 10.7. The van der Waals surface area contributed by atoms with Crippen LogP contribution in [-0.2, 0) is 17.9 Å². The Labute approximate surface area is 185 Å². The van der Waals surface area contributed by atoms with E-state index in [4.69, 9.17) is 11.6 Å². The molecule has 1 amide bonds. The van der Waals surface area contributed by atoms with Gasteiger partial charge in [0, 0.05) is 25.2 Å². The van der Waals surface area contributed by atoms with Crippen LogP contribution in [-0.4, -0.2) is 25.0 Å². The molecule has 0 aliphatic rings. The molecule has 0 aliphatic heterocycles. The molecule has 0 saturated heterocycles. The van der Waals surface area contributed by atoms with Gasteiger partial charge in [-0.1, -0.05) is 31.9 Å². The number of fused-ring (bicyclic) bond motifs is 1. The second-order valence-corrected chi connectivity index (χ2v) is 8.06. The van der Waals surface area contributed by atoms with Gasteiger partial charge < -0.3 is 10.3 Å². The SMILES string of the molecule is CCCCCn1c(=O)n(CCCCC(=O)Nc2cccc(C)c2)c(=O)c2[nH]c(Cl)nc21. The first kappa shape index (κ1) is 22.8. The Kier molecular flexibility index (Phi) is 7.68. The number of H-pyrrole nitrogens is 1. The molecule has 0 radical (unpaired) electrons. The van der Waals surface area contributed by atoms with Crippen molar-refractivity contribution in [3.05, 3.63) is 56.0 Å². The Morgan fingerprint density at radius 2 is 1.87 bits per heavy atom. The van der Waals surface area contributed by atoms with E-state index in [0.717, 1.165) is 30.5 Å². The summed E-state index contributed by atoms with van der Waals surface area (Å²) in [7, 11) is 0. The highest BCUT2D eigenvalue weighted by atomic mass is 35.5. The standard InChI is InChI=1S/C22H28ClN5O3/c1-3-4-6-12-27-19-18(25-21(23)26-19)20(30)28(22(27)31)13-7-5-11-17(29)24-16-10-8-9-15(2)14-16/h8-10,14H,3-7,11-13H2,1-2H3,(H,24,29)(H,25,26). The molecule has 9 heteroatoms. The van der Waals surface area contributed by atoms with Gasteiger partial charge >= 0.3 is 5.69 Å². The number of hydrogen-bond acceptors (Lipinski definition) is 4. The molecule has 1 aromatic carbocycles. The van der Waals surface area contributed by atoms with Crippen LogP contribution in [0.3, 0.4) is 0 Å². The van der Waals surface area contributed by atoms with Crippen molar-refractivity contribution in [2.24, 2.45) is 0 Å². The van der Waals surface area contributed by atoms with Crippen molar-refractivity contribution < 1.29 is 4.79 Å². The van der Waals surface area contributed by atoms with Gasteiger partial charge in [0.15, 0.2) is 11.2 Å².